The van der Waals surface area contributed by atoms with Crippen LogP contribution in [0.3, 0.4) is 0 Å². The second kappa shape index (κ2) is 4.58. The van der Waals surface area contributed by atoms with E-state index < -0.39 is 5.79 Å². The fraction of sp³-hybridized carbons (Fsp3) is 0.625. The summed E-state index contributed by atoms with van der Waals surface area (Å²) in [5.74, 6) is -1.25. The molecular weight excluding hydrogens is 238 g/mol. The van der Waals surface area contributed by atoms with Gasteiger partial charge in [0.1, 0.15) is 0 Å². The molecule has 0 saturated carbocycles. The Labute approximate surface area is 116 Å². The number of hydrogen-bond acceptors (Lipinski definition) is 3. The van der Waals surface area contributed by atoms with Gasteiger partial charge in [-0.05, 0) is 58.2 Å². The van der Waals surface area contributed by atoms with Crippen molar-refractivity contribution in [1.82, 2.24) is 5.32 Å². The summed E-state index contributed by atoms with van der Waals surface area (Å²) in [4.78, 5) is 0. The van der Waals surface area contributed by atoms with Crippen molar-refractivity contribution in [2.24, 2.45) is 0 Å². The monoisotopic (exact) mass is 263 g/mol. The summed E-state index contributed by atoms with van der Waals surface area (Å²) in [5.41, 5.74) is 4.36. The molecule has 2 unspecified atom stereocenters. The Kier molecular flexibility index (Phi) is 3.50. The number of rotatable bonds is 1. The molecule has 0 aromatic heterocycles. The molecule has 3 nitrogen and oxygen atoms in total. The van der Waals surface area contributed by atoms with Crippen LogP contribution in [0.25, 0.3) is 0 Å². The fourth-order valence-corrected chi connectivity index (χ4v) is 2.72. The average Bonchev–Trinajstić information content (AvgIpc) is 2.30. The first-order valence-electron chi connectivity index (χ1n) is 6.88. The third kappa shape index (κ3) is 2.55. The lowest BCUT2D eigenvalue weighted by Crippen LogP contribution is -2.63. The zero-order valence-corrected chi connectivity index (χ0v) is 12.8. The Hall–Kier alpha value is -0.900. The third-order valence-electron chi connectivity index (χ3n) is 4.19. The third-order valence-corrected chi connectivity index (χ3v) is 4.19. The van der Waals surface area contributed by atoms with Gasteiger partial charge in [-0.1, -0.05) is 12.1 Å². The largest absolute Gasteiger partial charge is 0.361 e. The first kappa shape index (κ1) is 14.5. The highest BCUT2D eigenvalue weighted by Gasteiger charge is 2.44. The van der Waals surface area contributed by atoms with Gasteiger partial charge in [0.05, 0.1) is 12.6 Å². The molecule has 2 rings (SSSR count). The summed E-state index contributed by atoms with van der Waals surface area (Å²) in [6.07, 6.45) is 0. The Morgan fingerprint density at radius 3 is 2.21 bits per heavy atom. The summed E-state index contributed by atoms with van der Waals surface area (Å²) >= 11 is 0. The number of ether oxygens (including phenoxy) is 1. The zero-order chi connectivity index (χ0) is 14.4. The van der Waals surface area contributed by atoms with Crippen molar-refractivity contribution in [3.05, 3.63) is 34.4 Å². The van der Waals surface area contributed by atoms with Gasteiger partial charge in [0.25, 0.3) is 0 Å². The van der Waals surface area contributed by atoms with Crippen LogP contribution in [0.1, 0.15) is 43.0 Å². The number of nitrogens with one attached hydrogen (secondary N) is 1. The van der Waals surface area contributed by atoms with E-state index in [9.17, 15) is 5.11 Å². The lowest BCUT2D eigenvalue weighted by atomic mass is 9.89. The molecule has 19 heavy (non-hydrogen) atoms. The second-order valence-electron chi connectivity index (χ2n) is 6.47. The van der Waals surface area contributed by atoms with Crippen LogP contribution < -0.4 is 5.32 Å². The highest BCUT2D eigenvalue weighted by Crippen LogP contribution is 2.34. The predicted molar refractivity (Wildman–Crippen MR) is 77.2 cm³/mol. The van der Waals surface area contributed by atoms with Crippen molar-refractivity contribution in [3.63, 3.8) is 0 Å². The molecule has 1 heterocycles. The van der Waals surface area contributed by atoms with E-state index in [1.54, 1.807) is 0 Å². The molecule has 1 saturated heterocycles. The van der Waals surface area contributed by atoms with Crippen molar-refractivity contribution in [2.75, 3.05) is 6.61 Å². The van der Waals surface area contributed by atoms with E-state index in [4.69, 9.17) is 4.74 Å². The summed E-state index contributed by atoms with van der Waals surface area (Å²) in [6.45, 7) is 12.8. The predicted octanol–water partition coefficient (Wildman–Crippen LogP) is 2.54. The van der Waals surface area contributed by atoms with Crippen molar-refractivity contribution < 1.29 is 9.84 Å². The Morgan fingerprint density at radius 2 is 1.74 bits per heavy atom. The van der Waals surface area contributed by atoms with Crippen molar-refractivity contribution in [1.29, 1.82) is 0 Å². The summed E-state index contributed by atoms with van der Waals surface area (Å²) in [6, 6.07) is 3.90. The number of hydrogen-bond donors (Lipinski definition) is 2. The second-order valence-corrected chi connectivity index (χ2v) is 6.47. The first-order chi connectivity index (χ1) is 8.66. The van der Waals surface area contributed by atoms with Gasteiger partial charge < -0.3 is 15.2 Å². The molecular formula is C16H25NO2. The molecule has 1 aliphatic rings. The van der Waals surface area contributed by atoms with Gasteiger partial charge in [-0.3, -0.25) is 0 Å². The smallest absolute Gasteiger partial charge is 0.208 e. The fourth-order valence-electron chi connectivity index (χ4n) is 2.72. The Balaban J connectivity index is 2.41. The molecule has 106 valence electrons. The minimum atomic E-state index is -1.25. The van der Waals surface area contributed by atoms with Gasteiger partial charge in [0.2, 0.25) is 5.79 Å². The maximum absolute atomic E-state index is 10.9. The summed E-state index contributed by atoms with van der Waals surface area (Å²) in [7, 11) is 0. The number of aryl methyl sites for hydroxylation is 2. The molecule has 0 spiro atoms. The minimum Gasteiger partial charge on any atom is -0.361 e. The zero-order valence-electron chi connectivity index (χ0n) is 12.8. The van der Waals surface area contributed by atoms with Gasteiger partial charge in [0.15, 0.2) is 0 Å². The van der Waals surface area contributed by atoms with Crippen LogP contribution in [0.4, 0.5) is 0 Å². The van der Waals surface area contributed by atoms with E-state index in [-0.39, 0.29) is 11.6 Å². The average molecular weight is 263 g/mol. The molecule has 1 fully saturated rings. The maximum Gasteiger partial charge on any atom is 0.208 e. The van der Waals surface area contributed by atoms with Crippen LogP contribution >= 0.6 is 0 Å². The van der Waals surface area contributed by atoms with Crippen LogP contribution in [-0.2, 0) is 10.5 Å². The topological polar surface area (TPSA) is 41.5 Å². The first-order valence-corrected chi connectivity index (χ1v) is 6.88. The van der Waals surface area contributed by atoms with Gasteiger partial charge in [-0.2, -0.15) is 0 Å². The minimum absolute atomic E-state index is 0.111. The quantitative estimate of drug-likeness (QED) is 0.818. The van der Waals surface area contributed by atoms with Gasteiger partial charge in [0, 0.05) is 11.1 Å². The molecule has 0 aliphatic carbocycles. The van der Waals surface area contributed by atoms with E-state index in [2.05, 4.69) is 39.9 Å². The lowest BCUT2D eigenvalue weighted by molar-refractivity contribution is -0.263. The SMILES string of the molecule is Cc1cc(C2(O)OCC(C)(C)NC2C)cc(C)c1C. The Morgan fingerprint density at radius 1 is 1.21 bits per heavy atom. The normalized spacial score (nSPS) is 30.4. The van der Waals surface area contributed by atoms with E-state index in [1.165, 1.54) is 16.7 Å². The van der Waals surface area contributed by atoms with Gasteiger partial charge >= 0.3 is 0 Å². The molecule has 0 amide bonds. The molecule has 3 heteroatoms. The molecule has 2 atom stereocenters. The van der Waals surface area contributed by atoms with Crippen LogP contribution in [0.2, 0.25) is 0 Å². The van der Waals surface area contributed by atoms with Crippen molar-refractivity contribution >= 4 is 0 Å². The molecule has 0 bridgehead atoms. The van der Waals surface area contributed by atoms with E-state index in [0.717, 1.165) is 5.56 Å². The van der Waals surface area contributed by atoms with E-state index >= 15 is 0 Å². The van der Waals surface area contributed by atoms with Gasteiger partial charge in [-0.15, -0.1) is 0 Å². The highest BCUT2D eigenvalue weighted by atomic mass is 16.6. The van der Waals surface area contributed by atoms with Gasteiger partial charge in [-0.25, -0.2) is 0 Å². The molecule has 1 aromatic rings. The number of aliphatic hydroxyl groups is 1. The lowest BCUT2D eigenvalue weighted by Gasteiger charge is -2.46. The highest BCUT2D eigenvalue weighted by molar-refractivity contribution is 5.39. The summed E-state index contributed by atoms with van der Waals surface area (Å²) < 4.78 is 5.82. The van der Waals surface area contributed by atoms with E-state index in [0.29, 0.717) is 6.61 Å². The number of benzene rings is 1. The Bertz CT molecular complexity index is 473. The molecule has 0 radical (unpaired) electrons. The van der Waals surface area contributed by atoms with Crippen LogP contribution in [-0.4, -0.2) is 23.3 Å². The standard InChI is InChI=1S/C16H25NO2/c1-10-7-14(8-11(2)12(10)3)16(18)13(4)17-15(5,6)9-19-16/h7-8,13,17-18H,9H2,1-6H3. The van der Waals surface area contributed by atoms with Crippen molar-refractivity contribution in [3.8, 4) is 0 Å². The van der Waals surface area contributed by atoms with Crippen molar-refractivity contribution in [2.45, 2.75) is 58.9 Å². The van der Waals surface area contributed by atoms with E-state index in [1.807, 2.05) is 19.1 Å². The van der Waals surface area contributed by atoms with Crippen LogP contribution in [0.5, 0.6) is 0 Å². The molecule has 1 aliphatic heterocycles. The van der Waals surface area contributed by atoms with Crippen LogP contribution in [0, 0.1) is 20.8 Å². The number of morpholine rings is 1. The molecule has 2 N–H and O–H groups in total. The van der Waals surface area contributed by atoms with Crippen LogP contribution in [0.15, 0.2) is 12.1 Å². The summed E-state index contributed by atoms with van der Waals surface area (Å²) in [5, 5.41) is 14.3. The maximum atomic E-state index is 10.9. The molecule has 1 aromatic carbocycles.